The second kappa shape index (κ2) is 5.92. The zero-order valence-corrected chi connectivity index (χ0v) is 11.5. The lowest BCUT2D eigenvalue weighted by atomic mass is 10.1. The van der Waals surface area contributed by atoms with E-state index in [0.29, 0.717) is 5.69 Å². The van der Waals surface area contributed by atoms with Gasteiger partial charge in [-0.05, 0) is 25.1 Å². The van der Waals surface area contributed by atoms with Gasteiger partial charge in [-0.15, -0.1) is 0 Å². The van der Waals surface area contributed by atoms with Crippen LogP contribution in [0, 0.1) is 12.7 Å². The third-order valence-electron chi connectivity index (χ3n) is 2.90. The van der Waals surface area contributed by atoms with Crippen molar-refractivity contribution in [3.63, 3.8) is 0 Å². The first-order valence-electron chi connectivity index (χ1n) is 5.99. The van der Waals surface area contributed by atoms with E-state index in [9.17, 15) is 14.3 Å². The number of hydrogen-bond donors (Lipinski definition) is 2. The number of aliphatic carboxylic acids is 1. The molecule has 104 valence electrons. The fourth-order valence-corrected chi connectivity index (χ4v) is 2.01. The van der Waals surface area contributed by atoms with Crippen molar-refractivity contribution in [2.75, 3.05) is 5.32 Å². The van der Waals surface area contributed by atoms with Crippen LogP contribution >= 0.6 is 11.6 Å². The number of aryl methyl sites for hydroxylation is 1. The number of halogens is 2. The molecule has 0 saturated heterocycles. The molecule has 0 saturated carbocycles. The molecule has 3 nitrogen and oxygen atoms in total. The molecule has 0 heterocycles. The molecule has 0 aliphatic carbocycles. The monoisotopic (exact) mass is 293 g/mol. The smallest absolute Gasteiger partial charge is 0.330 e. The van der Waals surface area contributed by atoms with E-state index in [1.807, 2.05) is 19.1 Å². The molecule has 0 fully saturated rings. The average molecular weight is 294 g/mol. The minimum atomic E-state index is -1.20. The fraction of sp³-hybridized carbons (Fsp3) is 0.133. The minimum absolute atomic E-state index is 0.00516. The van der Waals surface area contributed by atoms with Crippen LogP contribution in [0.5, 0.6) is 0 Å². The van der Waals surface area contributed by atoms with Crippen molar-refractivity contribution in [3.8, 4) is 0 Å². The highest BCUT2D eigenvalue weighted by Gasteiger charge is 2.24. The number of benzene rings is 2. The Balaban J connectivity index is 2.34. The topological polar surface area (TPSA) is 49.3 Å². The number of carbonyl (C=O) groups is 1. The first kappa shape index (κ1) is 14.3. The molecule has 20 heavy (non-hydrogen) atoms. The summed E-state index contributed by atoms with van der Waals surface area (Å²) in [6.45, 7) is 1.93. The molecule has 0 spiro atoms. The van der Waals surface area contributed by atoms with Crippen LogP contribution in [0.1, 0.15) is 17.2 Å². The quantitative estimate of drug-likeness (QED) is 0.895. The molecule has 1 atom stereocenters. The molecule has 2 rings (SSSR count). The third-order valence-corrected chi connectivity index (χ3v) is 3.19. The van der Waals surface area contributed by atoms with Crippen LogP contribution in [0.2, 0.25) is 5.02 Å². The summed E-state index contributed by atoms with van der Waals surface area (Å²) in [5.74, 6) is -1.90. The van der Waals surface area contributed by atoms with Crippen molar-refractivity contribution >= 4 is 23.3 Å². The van der Waals surface area contributed by atoms with E-state index >= 15 is 0 Å². The Hall–Kier alpha value is -2.07. The van der Waals surface area contributed by atoms with Crippen molar-refractivity contribution in [2.45, 2.75) is 13.0 Å². The summed E-state index contributed by atoms with van der Waals surface area (Å²) in [7, 11) is 0. The number of nitrogens with one attached hydrogen (secondary N) is 1. The maximum absolute atomic E-state index is 13.9. The van der Waals surface area contributed by atoms with Crippen molar-refractivity contribution in [1.29, 1.82) is 0 Å². The van der Waals surface area contributed by atoms with Gasteiger partial charge in [-0.2, -0.15) is 0 Å². The van der Waals surface area contributed by atoms with Crippen molar-refractivity contribution in [2.24, 2.45) is 0 Å². The van der Waals surface area contributed by atoms with Crippen LogP contribution < -0.4 is 5.32 Å². The Morgan fingerprint density at radius 1 is 1.25 bits per heavy atom. The molecule has 0 bridgehead atoms. The zero-order chi connectivity index (χ0) is 14.7. The zero-order valence-electron chi connectivity index (χ0n) is 10.7. The van der Waals surface area contributed by atoms with Crippen molar-refractivity contribution in [3.05, 3.63) is 64.4 Å². The molecule has 0 radical (unpaired) electrons. The minimum Gasteiger partial charge on any atom is -0.479 e. The Bertz CT molecular complexity index is 628. The van der Waals surface area contributed by atoms with Gasteiger partial charge in [0.2, 0.25) is 0 Å². The first-order chi connectivity index (χ1) is 9.49. The van der Waals surface area contributed by atoms with E-state index in [1.54, 1.807) is 12.1 Å². The van der Waals surface area contributed by atoms with E-state index in [-0.39, 0.29) is 10.6 Å². The second-order valence-corrected chi connectivity index (χ2v) is 4.83. The van der Waals surface area contributed by atoms with E-state index < -0.39 is 17.8 Å². The summed E-state index contributed by atoms with van der Waals surface area (Å²) >= 11 is 5.69. The van der Waals surface area contributed by atoms with Gasteiger partial charge in [-0.1, -0.05) is 41.4 Å². The van der Waals surface area contributed by atoms with Crippen molar-refractivity contribution in [1.82, 2.24) is 0 Å². The van der Waals surface area contributed by atoms with Crippen LogP contribution in [0.15, 0.2) is 42.5 Å². The van der Waals surface area contributed by atoms with E-state index in [2.05, 4.69) is 5.32 Å². The molecule has 0 aliphatic heterocycles. The molecule has 5 heteroatoms. The molecule has 0 aromatic heterocycles. The van der Waals surface area contributed by atoms with Crippen LogP contribution in [0.3, 0.4) is 0 Å². The van der Waals surface area contributed by atoms with Gasteiger partial charge < -0.3 is 10.4 Å². The van der Waals surface area contributed by atoms with Crippen LogP contribution in [0.4, 0.5) is 10.1 Å². The molecule has 0 aliphatic rings. The lowest BCUT2D eigenvalue weighted by molar-refractivity contribution is -0.138. The highest BCUT2D eigenvalue weighted by Crippen LogP contribution is 2.26. The lowest BCUT2D eigenvalue weighted by Gasteiger charge is -2.17. The predicted molar refractivity (Wildman–Crippen MR) is 76.6 cm³/mol. The van der Waals surface area contributed by atoms with Gasteiger partial charge in [0.25, 0.3) is 0 Å². The summed E-state index contributed by atoms with van der Waals surface area (Å²) in [6, 6.07) is 10.3. The van der Waals surface area contributed by atoms with Crippen LogP contribution in [-0.2, 0) is 4.79 Å². The number of hydrogen-bond acceptors (Lipinski definition) is 2. The largest absolute Gasteiger partial charge is 0.479 e. The standard InChI is InChI=1S/C15H13ClFNO2/c1-9-5-7-10(8-6-9)18-14(15(19)20)11-3-2-4-12(16)13(11)17/h2-8,14,18H,1H3,(H,19,20). The highest BCUT2D eigenvalue weighted by atomic mass is 35.5. The Labute approximate surface area is 121 Å². The number of carboxylic acid groups (broad SMARTS) is 1. The van der Waals surface area contributed by atoms with Gasteiger partial charge in [0.05, 0.1) is 5.02 Å². The third kappa shape index (κ3) is 3.08. The Morgan fingerprint density at radius 3 is 2.50 bits per heavy atom. The maximum atomic E-state index is 13.9. The Kier molecular flexibility index (Phi) is 4.25. The van der Waals surface area contributed by atoms with Crippen LogP contribution in [0.25, 0.3) is 0 Å². The average Bonchev–Trinajstić information content (AvgIpc) is 2.41. The maximum Gasteiger partial charge on any atom is 0.330 e. The fourth-order valence-electron chi connectivity index (χ4n) is 1.83. The summed E-state index contributed by atoms with van der Waals surface area (Å²) in [5, 5.41) is 12.0. The lowest BCUT2D eigenvalue weighted by Crippen LogP contribution is -2.21. The molecular weight excluding hydrogens is 281 g/mol. The van der Waals surface area contributed by atoms with Crippen molar-refractivity contribution < 1.29 is 14.3 Å². The molecule has 2 aromatic rings. The molecule has 0 amide bonds. The predicted octanol–water partition coefficient (Wildman–Crippen LogP) is 4.03. The number of anilines is 1. The molecule has 2 aromatic carbocycles. The number of carboxylic acids is 1. The van der Waals surface area contributed by atoms with Gasteiger partial charge >= 0.3 is 5.97 Å². The van der Waals surface area contributed by atoms with E-state index in [1.165, 1.54) is 18.2 Å². The molecule has 1 unspecified atom stereocenters. The molecular formula is C15H13ClFNO2. The summed E-state index contributed by atoms with van der Waals surface area (Å²) in [6.07, 6.45) is 0. The van der Waals surface area contributed by atoms with Crippen LogP contribution in [-0.4, -0.2) is 11.1 Å². The normalized spacial score (nSPS) is 11.9. The summed E-state index contributed by atoms with van der Waals surface area (Å²) in [4.78, 5) is 11.4. The van der Waals surface area contributed by atoms with Gasteiger partial charge in [0.1, 0.15) is 5.82 Å². The highest BCUT2D eigenvalue weighted by molar-refractivity contribution is 6.30. The van der Waals surface area contributed by atoms with E-state index in [4.69, 9.17) is 11.6 Å². The van der Waals surface area contributed by atoms with E-state index in [0.717, 1.165) is 5.56 Å². The first-order valence-corrected chi connectivity index (χ1v) is 6.37. The SMILES string of the molecule is Cc1ccc(NC(C(=O)O)c2cccc(Cl)c2F)cc1. The summed E-state index contributed by atoms with van der Waals surface area (Å²) in [5.41, 5.74) is 1.66. The van der Waals surface area contributed by atoms with Gasteiger partial charge in [-0.3, -0.25) is 0 Å². The number of rotatable bonds is 4. The second-order valence-electron chi connectivity index (χ2n) is 4.42. The summed E-state index contributed by atoms with van der Waals surface area (Å²) < 4.78 is 13.9. The van der Waals surface area contributed by atoms with Gasteiger partial charge in [0, 0.05) is 11.3 Å². The van der Waals surface area contributed by atoms with Gasteiger partial charge in [-0.25, -0.2) is 9.18 Å². The Morgan fingerprint density at radius 2 is 1.90 bits per heavy atom. The van der Waals surface area contributed by atoms with Gasteiger partial charge in [0.15, 0.2) is 6.04 Å². The molecule has 2 N–H and O–H groups in total.